The number of rotatable bonds is 4. The Bertz CT molecular complexity index is 713. The standard InChI is InChI=1S/C12H9BrN2O5/c1-19-7-4-2-3-6(12(17)18)9(7)20-11-8(13)10(16)14-5-15-11/h2-5H,1H3,(H,17,18)(H,14,15,16). The molecule has 20 heavy (non-hydrogen) atoms. The molecule has 0 saturated heterocycles. The number of hydrogen-bond donors (Lipinski definition) is 2. The molecule has 1 aromatic carbocycles. The lowest BCUT2D eigenvalue weighted by atomic mass is 10.2. The van der Waals surface area contributed by atoms with E-state index in [4.69, 9.17) is 14.6 Å². The molecule has 0 bridgehead atoms. The van der Waals surface area contributed by atoms with Gasteiger partial charge in [0.05, 0.1) is 13.4 Å². The highest BCUT2D eigenvalue weighted by atomic mass is 79.9. The summed E-state index contributed by atoms with van der Waals surface area (Å²) in [7, 11) is 1.38. The molecule has 8 heteroatoms. The predicted molar refractivity (Wildman–Crippen MR) is 72.6 cm³/mol. The van der Waals surface area contributed by atoms with E-state index >= 15 is 0 Å². The largest absolute Gasteiger partial charge is 0.493 e. The predicted octanol–water partition coefficient (Wildman–Crippen LogP) is 2.03. The van der Waals surface area contributed by atoms with Crippen LogP contribution in [-0.4, -0.2) is 28.2 Å². The number of hydrogen-bond acceptors (Lipinski definition) is 5. The monoisotopic (exact) mass is 340 g/mol. The number of carboxylic acid groups (broad SMARTS) is 1. The fraction of sp³-hybridized carbons (Fsp3) is 0.0833. The quantitative estimate of drug-likeness (QED) is 0.882. The van der Waals surface area contributed by atoms with Crippen LogP contribution in [0, 0.1) is 0 Å². The Morgan fingerprint density at radius 3 is 2.85 bits per heavy atom. The maximum absolute atomic E-state index is 11.4. The van der Waals surface area contributed by atoms with Crippen molar-refractivity contribution in [3.8, 4) is 17.4 Å². The summed E-state index contributed by atoms with van der Waals surface area (Å²) in [4.78, 5) is 28.8. The van der Waals surface area contributed by atoms with Crippen molar-refractivity contribution in [3.63, 3.8) is 0 Å². The molecule has 7 nitrogen and oxygen atoms in total. The SMILES string of the molecule is COc1cccc(C(=O)O)c1Oc1nc[nH]c(=O)c1Br. The van der Waals surface area contributed by atoms with Crippen molar-refractivity contribution in [2.75, 3.05) is 7.11 Å². The van der Waals surface area contributed by atoms with Gasteiger partial charge in [-0.05, 0) is 28.1 Å². The van der Waals surface area contributed by atoms with Crippen molar-refractivity contribution in [1.82, 2.24) is 9.97 Å². The van der Waals surface area contributed by atoms with Gasteiger partial charge in [0.25, 0.3) is 5.56 Å². The zero-order valence-corrected chi connectivity index (χ0v) is 11.8. The molecule has 0 radical (unpaired) electrons. The average molecular weight is 341 g/mol. The lowest BCUT2D eigenvalue weighted by Gasteiger charge is -2.12. The molecule has 1 heterocycles. The summed E-state index contributed by atoms with van der Waals surface area (Å²) in [5.41, 5.74) is -0.542. The van der Waals surface area contributed by atoms with Crippen molar-refractivity contribution in [2.45, 2.75) is 0 Å². The lowest BCUT2D eigenvalue weighted by molar-refractivity contribution is 0.0693. The van der Waals surface area contributed by atoms with E-state index in [0.29, 0.717) is 0 Å². The Balaban J connectivity index is 2.55. The normalized spacial score (nSPS) is 10.1. The number of aromatic nitrogens is 2. The molecule has 0 fully saturated rings. The van der Waals surface area contributed by atoms with Gasteiger partial charge in [0.2, 0.25) is 5.88 Å². The molecule has 104 valence electrons. The second-order valence-electron chi connectivity index (χ2n) is 3.59. The third kappa shape index (κ3) is 2.64. The van der Waals surface area contributed by atoms with Gasteiger partial charge in [-0.15, -0.1) is 0 Å². The minimum absolute atomic E-state index is 0.0266. The molecule has 2 rings (SSSR count). The Hall–Kier alpha value is -2.35. The van der Waals surface area contributed by atoms with E-state index in [-0.39, 0.29) is 27.4 Å². The summed E-state index contributed by atoms with van der Waals surface area (Å²) in [5.74, 6) is -1.04. The van der Waals surface area contributed by atoms with Crippen LogP contribution >= 0.6 is 15.9 Å². The Morgan fingerprint density at radius 1 is 1.45 bits per heavy atom. The van der Waals surface area contributed by atoms with Gasteiger partial charge in [-0.25, -0.2) is 9.78 Å². The van der Waals surface area contributed by atoms with Gasteiger partial charge in [0.1, 0.15) is 10.0 Å². The third-order valence-electron chi connectivity index (χ3n) is 2.39. The van der Waals surface area contributed by atoms with Crippen LogP contribution in [0.1, 0.15) is 10.4 Å². The van der Waals surface area contributed by atoms with E-state index in [1.807, 2.05) is 0 Å². The number of benzene rings is 1. The maximum Gasteiger partial charge on any atom is 0.339 e. The van der Waals surface area contributed by atoms with Crippen LogP contribution in [0.25, 0.3) is 0 Å². The number of para-hydroxylation sites is 1. The lowest BCUT2D eigenvalue weighted by Crippen LogP contribution is -2.09. The number of nitrogens with one attached hydrogen (secondary N) is 1. The van der Waals surface area contributed by atoms with Gasteiger partial charge < -0.3 is 19.6 Å². The number of methoxy groups -OCH3 is 1. The molecule has 0 saturated carbocycles. The number of ether oxygens (including phenoxy) is 2. The number of nitrogens with zero attached hydrogens (tertiary/aromatic N) is 1. The highest BCUT2D eigenvalue weighted by Gasteiger charge is 2.19. The Morgan fingerprint density at radius 2 is 2.20 bits per heavy atom. The van der Waals surface area contributed by atoms with E-state index in [1.54, 1.807) is 6.07 Å². The van der Waals surface area contributed by atoms with E-state index in [0.717, 1.165) is 6.33 Å². The van der Waals surface area contributed by atoms with Crippen molar-refractivity contribution in [3.05, 3.63) is 44.9 Å². The molecule has 2 N–H and O–H groups in total. The van der Waals surface area contributed by atoms with Crippen LogP contribution < -0.4 is 15.0 Å². The second kappa shape index (κ2) is 5.74. The molecule has 0 spiro atoms. The number of H-pyrrole nitrogens is 1. The molecule has 0 aliphatic carbocycles. The average Bonchev–Trinajstić information content (AvgIpc) is 2.43. The summed E-state index contributed by atoms with van der Waals surface area (Å²) in [6.07, 6.45) is 1.15. The van der Waals surface area contributed by atoms with Crippen LogP contribution in [-0.2, 0) is 0 Å². The topological polar surface area (TPSA) is 102 Å². The minimum Gasteiger partial charge on any atom is -0.493 e. The van der Waals surface area contributed by atoms with Crippen LogP contribution in [0.2, 0.25) is 0 Å². The van der Waals surface area contributed by atoms with Gasteiger partial charge in [-0.3, -0.25) is 4.79 Å². The zero-order valence-electron chi connectivity index (χ0n) is 10.2. The fourth-order valence-corrected chi connectivity index (χ4v) is 1.78. The zero-order chi connectivity index (χ0) is 14.7. The fourth-order valence-electron chi connectivity index (χ4n) is 1.48. The van der Waals surface area contributed by atoms with Crippen LogP contribution in [0.5, 0.6) is 17.4 Å². The van der Waals surface area contributed by atoms with Crippen LogP contribution in [0.15, 0.2) is 33.8 Å². The smallest absolute Gasteiger partial charge is 0.339 e. The first kappa shape index (κ1) is 14.1. The molecule has 0 amide bonds. The van der Waals surface area contributed by atoms with E-state index in [9.17, 15) is 9.59 Å². The van der Waals surface area contributed by atoms with E-state index in [1.165, 1.54) is 19.2 Å². The third-order valence-corrected chi connectivity index (χ3v) is 3.09. The molecule has 2 aromatic rings. The summed E-state index contributed by atoms with van der Waals surface area (Å²) >= 11 is 3.03. The Kier molecular flexibility index (Phi) is 4.04. The minimum atomic E-state index is -1.18. The number of halogens is 1. The van der Waals surface area contributed by atoms with Gasteiger partial charge in [0.15, 0.2) is 11.5 Å². The first-order valence-electron chi connectivity index (χ1n) is 5.36. The number of carbonyl (C=O) groups is 1. The molecular formula is C12H9BrN2O5. The van der Waals surface area contributed by atoms with E-state index < -0.39 is 11.5 Å². The van der Waals surface area contributed by atoms with E-state index in [2.05, 4.69) is 25.9 Å². The van der Waals surface area contributed by atoms with Crippen LogP contribution in [0.4, 0.5) is 0 Å². The van der Waals surface area contributed by atoms with Gasteiger partial charge >= 0.3 is 5.97 Å². The summed E-state index contributed by atoms with van der Waals surface area (Å²) in [6, 6.07) is 4.43. The van der Waals surface area contributed by atoms with Crippen molar-refractivity contribution in [1.29, 1.82) is 0 Å². The van der Waals surface area contributed by atoms with Gasteiger partial charge in [-0.2, -0.15) is 0 Å². The highest BCUT2D eigenvalue weighted by Crippen LogP contribution is 2.35. The summed E-state index contributed by atoms with van der Waals surface area (Å²) in [5, 5.41) is 9.15. The van der Waals surface area contributed by atoms with Gasteiger partial charge in [0, 0.05) is 0 Å². The summed E-state index contributed by atoms with van der Waals surface area (Å²) in [6.45, 7) is 0. The summed E-state index contributed by atoms with van der Waals surface area (Å²) < 4.78 is 10.5. The van der Waals surface area contributed by atoms with Crippen LogP contribution in [0.3, 0.4) is 0 Å². The molecule has 0 unspecified atom stereocenters. The molecule has 1 aromatic heterocycles. The first-order valence-corrected chi connectivity index (χ1v) is 6.15. The van der Waals surface area contributed by atoms with Crippen molar-refractivity contribution in [2.24, 2.45) is 0 Å². The second-order valence-corrected chi connectivity index (χ2v) is 4.39. The first-order chi connectivity index (χ1) is 9.54. The molecule has 0 aliphatic rings. The Labute approximate surface area is 121 Å². The maximum atomic E-state index is 11.4. The number of aromatic amines is 1. The van der Waals surface area contributed by atoms with Crippen molar-refractivity contribution < 1.29 is 19.4 Å². The molecular weight excluding hydrogens is 332 g/mol. The highest BCUT2D eigenvalue weighted by molar-refractivity contribution is 9.10. The number of aromatic carboxylic acids is 1. The number of carboxylic acids is 1. The molecule has 0 atom stereocenters. The van der Waals surface area contributed by atoms with Gasteiger partial charge in [-0.1, -0.05) is 6.07 Å². The van der Waals surface area contributed by atoms with Crippen molar-refractivity contribution >= 4 is 21.9 Å². The molecule has 0 aliphatic heterocycles.